The monoisotopic (exact) mass is 666 g/mol. The van der Waals surface area contributed by atoms with Crippen molar-refractivity contribution >= 4 is 29.3 Å². The first kappa shape index (κ1) is 44.7. The number of nitrogens with zero attached hydrogens (tertiary/aromatic N) is 1. The predicted octanol–water partition coefficient (Wildman–Crippen LogP) is 12.9. The molecule has 0 saturated heterocycles. The number of thiocarbonyl (C=S) groups is 1. The molecule has 0 spiro atoms. The SMILES string of the molecule is CCCCCCCCCCCOC(=O)CCCCCC(CCCCCC(=O)OCCCCCCC(CCCC)CCCC)N=C=S. The summed E-state index contributed by atoms with van der Waals surface area (Å²) < 4.78 is 10.9. The Morgan fingerprint density at radius 3 is 1.33 bits per heavy atom. The van der Waals surface area contributed by atoms with Crippen LogP contribution in [0.4, 0.5) is 0 Å². The quantitative estimate of drug-likeness (QED) is 0.0288. The number of aliphatic imine (C=N–C) groups is 1. The number of unbranched alkanes of at least 4 members (excludes halogenated alkanes) is 17. The van der Waals surface area contributed by atoms with Crippen LogP contribution in [0.3, 0.4) is 0 Å². The summed E-state index contributed by atoms with van der Waals surface area (Å²) in [4.78, 5) is 28.5. The van der Waals surface area contributed by atoms with E-state index >= 15 is 0 Å². The van der Waals surface area contributed by atoms with Gasteiger partial charge in [-0.25, -0.2) is 4.99 Å². The number of hydrogen-bond acceptors (Lipinski definition) is 6. The van der Waals surface area contributed by atoms with E-state index in [4.69, 9.17) is 21.7 Å². The Bertz CT molecular complexity index is 716. The molecule has 0 rings (SSSR count). The molecule has 1 unspecified atom stereocenters. The summed E-state index contributed by atoms with van der Waals surface area (Å²) in [5.74, 6) is 0.797. The lowest BCUT2D eigenvalue weighted by molar-refractivity contribution is -0.144. The Kier molecular flexibility index (Phi) is 35.6. The van der Waals surface area contributed by atoms with Gasteiger partial charge in [-0.05, 0) is 56.7 Å². The van der Waals surface area contributed by atoms with Gasteiger partial charge >= 0.3 is 11.9 Å². The van der Waals surface area contributed by atoms with Crippen molar-refractivity contribution < 1.29 is 19.1 Å². The van der Waals surface area contributed by atoms with E-state index in [1.807, 2.05) is 0 Å². The van der Waals surface area contributed by atoms with Gasteiger partial charge in [0.15, 0.2) is 0 Å². The minimum Gasteiger partial charge on any atom is -0.466 e. The van der Waals surface area contributed by atoms with Crippen LogP contribution in [-0.4, -0.2) is 36.4 Å². The third-order valence-electron chi connectivity index (χ3n) is 9.28. The Morgan fingerprint density at radius 2 is 0.870 bits per heavy atom. The zero-order chi connectivity index (χ0) is 33.8. The summed E-state index contributed by atoms with van der Waals surface area (Å²) in [5, 5.41) is 2.56. The highest BCUT2D eigenvalue weighted by atomic mass is 32.1. The topological polar surface area (TPSA) is 65.0 Å². The molecule has 0 aromatic carbocycles. The molecule has 5 nitrogen and oxygen atoms in total. The summed E-state index contributed by atoms with van der Waals surface area (Å²) >= 11 is 4.87. The first-order valence-electron chi connectivity index (χ1n) is 19.9. The Hall–Kier alpha value is -1.26. The van der Waals surface area contributed by atoms with Gasteiger partial charge in [-0.1, -0.05) is 162 Å². The standard InChI is InChI=1S/C40H75NO4S/c1-4-7-10-11-12-13-14-16-25-34-44-39(42)32-23-18-21-30-38(41-36-46)31-22-19-24-33-40(43)45-35-26-17-15-20-29-37(27-8-5-2)28-9-6-3/h37-38H,4-35H2,1-3H3. The zero-order valence-electron chi connectivity index (χ0n) is 30.8. The van der Waals surface area contributed by atoms with Gasteiger partial charge in [0.1, 0.15) is 0 Å². The molecular formula is C40H75NO4S. The highest BCUT2D eigenvalue weighted by molar-refractivity contribution is 7.78. The van der Waals surface area contributed by atoms with Crippen LogP contribution in [0.5, 0.6) is 0 Å². The second-order valence-corrected chi connectivity index (χ2v) is 13.9. The number of isothiocyanates is 1. The Labute approximate surface area is 291 Å². The van der Waals surface area contributed by atoms with Gasteiger partial charge in [0.05, 0.1) is 24.4 Å². The fourth-order valence-electron chi connectivity index (χ4n) is 6.24. The van der Waals surface area contributed by atoms with E-state index in [1.54, 1.807) is 0 Å². The molecule has 270 valence electrons. The first-order chi connectivity index (χ1) is 22.6. The Balaban J connectivity index is 3.70. The van der Waals surface area contributed by atoms with E-state index in [0.717, 1.165) is 83.0 Å². The van der Waals surface area contributed by atoms with Crippen LogP contribution in [0.15, 0.2) is 4.99 Å². The van der Waals surface area contributed by atoms with E-state index in [1.165, 1.54) is 103 Å². The molecule has 0 fully saturated rings. The number of carbonyl (C=O) groups is 2. The van der Waals surface area contributed by atoms with E-state index < -0.39 is 0 Å². The number of rotatable bonds is 36. The third kappa shape index (κ3) is 32.7. The normalized spacial score (nSPS) is 11.8. The van der Waals surface area contributed by atoms with Crippen molar-refractivity contribution in [2.45, 2.75) is 219 Å². The van der Waals surface area contributed by atoms with Crippen molar-refractivity contribution in [2.24, 2.45) is 10.9 Å². The lowest BCUT2D eigenvalue weighted by atomic mass is 9.91. The van der Waals surface area contributed by atoms with Crippen molar-refractivity contribution in [3.63, 3.8) is 0 Å². The molecule has 0 aliphatic rings. The Morgan fingerprint density at radius 1 is 0.500 bits per heavy atom. The van der Waals surface area contributed by atoms with E-state index in [9.17, 15) is 9.59 Å². The predicted molar refractivity (Wildman–Crippen MR) is 200 cm³/mol. The van der Waals surface area contributed by atoms with Gasteiger partial charge in [-0.3, -0.25) is 9.59 Å². The molecule has 0 aliphatic heterocycles. The fourth-order valence-corrected chi connectivity index (χ4v) is 6.39. The van der Waals surface area contributed by atoms with Crippen molar-refractivity contribution in [3.8, 4) is 0 Å². The van der Waals surface area contributed by atoms with Gasteiger partial charge in [-0.2, -0.15) is 0 Å². The number of hydrogen-bond donors (Lipinski definition) is 0. The molecule has 0 aromatic heterocycles. The maximum atomic E-state index is 12.1. The summed E-state index contributed by atoms with van der Waals surface area (Å²) in [6.45, 7) is 7.96. The third-order valence-corrected chi connectivity index (χ3v) is 9.39. The zero-order valence-corrected chi connectivity index (χ0v) is 31.6. The van der Waals surface area contributed by atoms with Crippen molar-refractivity contribution in [3.05, 3.63) is 0 Å². The van der Waals surface area contributed by atoms with Gasteiger partial charge in [0.2, 0.25) is 0 Å². The number of carbonyl (C=O) groups excluding carboxylic acids is 2. The van der Waals surface area contributed by atoms with Crippen LogP contribution in [0.25, 0.3) is 0 Å². The molecule has 0 saturated carbocycles. The van der Waals surface area contributed by atoms with Crippen LogP contribution in [0.2, 0.25) is 0 Å². The molecule has 6 heteroatoms. The minimum absolute atomic E-state index is 0.0562. The van der Waals surface area contributed by atoms with Crippen molar-refractivity contribution in [1.82, 2.24) is 0 Å². The number of esters is 2. The molecule has 1 atom stereocenters. The second kappa shape index (κ2) is 36.6. The van der Waals surface area contributed by atoms with Gasteiger partial charge in [0, 0.05) is 12.8 Å². The van der Waals surface area contributed by atoms with Crippen LogP contribution in [-0.2, 0) is 19.1 Å². The molecule has 46 heavy (non-hydrogen) atoms. The summed E-state index contributed by atoms with van der Waals surface area (Å²) in [5.41, 5.74) is 0. The smallest absolute Gasteiger partial charge is 0.305 e. The average molecular weight is 666 g/mol. The highest BCUT2D eigenvalue weighted by Gasteiger charge is 2.10. The van der Waals surface area contributed by atoms with Crippen LogP contribution >= 0.6 is 12.2 Å². The molecule has 0 aliphatic carbocycles. The molecular weight excluding hydrogens is 591 g/mol. The van der Waals surface area contributed by atoms with Crippen molar-refractivity contribution in [2.75, 3.05) is 13.2 Å². The van der Waals surface area contributed by atoms with Crippen LogP contribution < -0.4 is 0 Å². The molecule has 0 aromatic rings. The summed E-state index contributed by atoms with van der Waals surface area (Å²) in [6, 6.07) is 0.191. The largest absolute Gasteiger partial charge is 0.466 e. The minimum atomic E-state index is -0.0597. The molecule has 0 heterocycles. The molecule has 0 bridgehead atoms. The summed E-state index contributed by atoms with van der Waals surface area (Å²) in [6.07, 6.45) is 34.4. The van der Waals surface area contributed by atoms with E-state index in [2.05, 4.69) is 30.9 Å². The fraction of sp³-hybridized carbons (Fsp3) is 0.925. The van der Waals surface area contributed by atoms with Crippen LogP contribution in [0, 0.1) is 5.92 Å². The molecule has 0 radical (unpaired) electrons. The lowest BCUT2D eigenvalue weighted by Crippen LogP contribution is -2.07. The van der Waals surface area contributed by atoms with Gasteiger partial charge < -0.3 is 9.47 Å². The highest BCUT2D eigenvalue weighted by Crippen LogP contribution is 2.23. The lowest BCUT2D eigenvalue weighted by Gasteiger charge is -2.16. The second-order valence-electron chi connectivity index (χ2n) is 13.7. The maximum absolute atomic E-state index is 12.1. The molecule has 0 amide bonds. The van der Waals surface area contributed by atoms with Crippen LogP contribution in [0.1, 0.15) is 213 Å². The maximum Gasteiger partial charge on any atom is 0.305 e. The number of ether oxygens (including phenoxy) is 2. The first-order valence-corrected chi connectivity index (χ1v) is 20.4. The summed E-state index contributed by atoms with van der Waals surface area (Å²) in [7, 11) is 0. The van der Waals surface area contributed by atoms with Crippen molar-refractivity contribution in [1.29, 1.82) is 0 Å². The van der Waals surface area contributed by atoms with Gasteiger partial charge in [-0.15, -0.1) is 0 Å². The average Bonchev–Trinajstić information content (AvgIpc) is 3.05. The van der Waals surface area contributed by atoms with E-state index in [0.29, 0.717) is 26.1 Å². The van der Waals surface area contributed by atoms with E-state index in [-0.39, 0.29) is 18.0 Å². The molecule has 0 N–H and O–H groups in total. The van der Waals surface area contributed by atoms with Gasteiger partial charge in [0.25, 0.3) is 0 Å².